The molecule has 0 amide bonds. The maximum atomic E-state index is 11.1. The van der Waals surface area contributed by atoms with Gasteiger partial charge < -0.3 is 0 Å². The second-order valence-electron chi connectivity index (χ2n) is 1.41. The molecule has 0 aromatic carbocycles. The van der Waals surface area contributed by atoms with E-state index in [9.17, 15) is 4.57 Å². The molecule has 0 spiro atoms. The fourth-order valence-electron chi connectivity index (χ4n) is 0.428. The molecule has 1 radical (unpaired) electrons. The molecule has 0 aromatic rings. The zero-order valence-electron chi connectivity index (χ0n) is 6.20. The molecule has 0 saturated carbocycles. The van der Waals surface area contributed by atoms with Gasteiger partial charge in [0.05, 0.1) is 20.3 Å². The Bertz CT molecular complexity index is 115. The molecule has 0 aliphatic rings. The molecule has 0 aliphatic carbocycles. The molecule has 0 saturated heterocycles. The van der Waals surface area contributed by atoms with Gasteiger partial charge in [-0.25, -0.2) is 4.57 Å². The zero-order chi connectivity index (χ0) is 8.04. The highest BCUT2D eigenvalue weighted by Gasteiger charge is 2.22. The minimum Gasteiger partial charge on any atom is -0.287 e. The van der Waals surface area contributed by atoms with Gasteiger partial charge in [0.15, 0.2) is 0 Å². The molecule has 0 unspecified atom stereocenters. The third kappa shape index (κ3) is 3.32. The van der Waals surface area contributed by atoms with Crippen molar-refractivity contribution in [3.8, 4) is 0 Å². The van der Waals surface area contributed by atoms with E-state index in [-0.39, 0.29) is 13.2 Å². The van der Waals surface area contributed by atoms with Crippen molar-refractivity contribution in [3.05, 3.63) is 7.11 Å². The van der Waals surface area contributed by atoms with Crippen LogP contribution >= 0.6 is 7.82 Å². The quantitative estimate of drug-likeness (QED) is 0.587. The smallest absolute Gasteiger partial charge is 0.287 e. The summed E-state index contributed by atoms with van der Waals surface area (Å²) in [7, 11) is -0.329. The first-order valence-corrected chi connectivity index (χ1v) is 4.47. The Morgan fingerprint density at radius 1 is 1.30 bits per heavy atom. The van der Waals surface area contributed by atoms with E-state index in [1.54, 1.807) is 13.8 Å². The average Bonchev–Trinajstić information content (AvgIpc) is 1.89. The van der Waals surface area contributed by atoms with Crippen LogP contribution in [0.25, 0.3) is 0 Å². The molecule has 0 atom stereocenters. The second kappa shape index (κ2) is 4.85. The molecule has 61 valence electrons. The van der Waals surface area contributed by atoms with Gasteiger partial charge in [-0.15, -0.1) is 0 Å². The lowest BCUT2D eigenvalue weighted by atomic mass is 10.9. The van der Waals surface area contributed by atoms with Crippen molar-refractivity contribution in [3.63, 3.8) is 0 Å². The number of hydrogen-bond acceptors (Lipinski definition) is 4. The highest BCUT2D eigenvalue weighted by Crippen LogP contribution is 2.48. The molecule has 5 heteroatoms. The van der Waals surface area contributed by atoms with E-state index in [4.69, 9.17) is 0 Å². The Morgan fingerprint density at radius 3 is 1.90 bits per heavy atom. The Balaban J connectivity index is 3.83. The maximum Gasteiger partial charge on any atom is 0.474 e. The summed E-state index contributed by atoms with van der Waals surface area (Å²) in [6, 6.07) is 0. The summed E-state index contributed by atoms with van der Waals surface area (Å²) in [5.41, 5.74) is 0. The first kappa shape index (κ1) is 10.1. The van der Waals surface area contributed by atoms with Gasteiger partial charge in [-0.2, -0.15) is 0 Å². The van der Waals surface area contributed by atoms with Gasteiger partial charge >= 0.3 is 7.82 Å². The second-order valence-corrected chi connectivity index (χ2v) is 3.08. The first-order chi connectivity index (χ1) is 4.68. The van der Waals surface area contributed by atoms with Crippen LogP contribution in [-0.2, 0) is 18.1 Å². The van der Waals surface area contributed by atoms with Crippen LogP contribution in [0.2, 0.25) is 0 Å². The Morgan fingerprint density at radius 2 is 1.70 bits per heavy atom. The molecule has 10 heavy (non-hydrogen) atoms. The molecular formula is C5H12O4P. The molecule has 0 fully saturated rings. The largest absolute Gasteiger partial charge is 0.474 e. The molecule has 0 N–H and O–H groups in total. The minimum absolute atomic E-state index is 0.285. The summed E-state index contributed by atoms with van der Waals surface area (Å²) in [6.45, 7) is 3.97. The molecule has 0 aliphatic heterocycles. The highest BCUT2D eigenvalue weighted by atomic mass is 31.2. The van der Waals surface area contributed by atoms with Gasteiger partial charge in [0.2, 0.25) is 0 Å². The summed E-state index contributed by atoms with van der Waals surface area (Å²) in [6.07, 6.45) is 0. The van der Waals surface area contributed by atoms with Crippen LogP contribution in [0, 0.1) is 7.11 Å². The first-order valence-electron chi connectivity index (χ1n) is 3.01. The molecule has 0 rings (SSSR count). The fourth-order valence-corrected chi connectivity index (χ4v) is 1.28. The fraction of sp³-hybridized carbons (Fsp3) is 0.800. The number of phosphoric acid groups is 1. The van der Waals surface area contributed by atoms with Crippen molar-refractivity contribution in [2.75, 3.05) is 13.2 Å². The Labute approximate surface area is 61.1 Å². The lowest BCUT2D eigenvalue weighted by molar-refractivity contribution is 0.152. The Hall–Kier alpha value is 0.110. The third-order valence-electron chi connectivity index (χ3n) is 0.733. The molecule has 0 heterocycles. The lowest BCUT2D eigenvalue weighted by Gasteiger charge is -2.12. The van der Waals surface area contributed by atoms with Crippen molar-refractivity contribution < 1.29 is 18.1 Å². The van der Waals surface area contributed by atoms with E-state index in [1.165, 1.54) is 0 Å². The van der Waals surface area contributed by atoms with Crippen LogP contribution in [0.5, 0.6) is 0 Å². The van der Waals surface area contributed by atoms with Crippen molar-refractivity contribution in [1.29, 1.82) is 0 Å². The molecule has 0 aromatic heterocycles. The molecular weight excluding hydrogens is 155 g/mol. The molecule has 4 nitrogen and oxygen atoms in total. The normalized spacial score (nSPS) is 11.9. The van der Waals surface area contributed by atoms with E-state index >= 15 is 0 Å². The average molecular weight is 167 g/mol. The van der Waals surface area contributed by atoms with E-state index < -0.39 is 7.82 Å². The van der Waals surface area contributed by atoms with E-state index in [1.807, 2.05) is 0 Å². The van der Waals surface area contributed by atoms with Crippen LogP contribution < -0.4 is 0 Å². The van der Waals surface area contributed by atoms with Crippen molar-refractivity contribution in [1.82, 2.24) is 0 Å². The van der Waals surface area contributed by atoms with Crippen molar-refractivity contribution >= 4 is 7.82 Å². The Kier molecular flexibility index (Phi) is 4.91. The SMILES string of the molecule is [CH2]OP(=O)(OCC)OCC. The summed E-state index contributed by atoms with van der Waals surface area (Å²) in [4.78, 5) is 0. The summed E-state index contributed by atoms with van der Waals surface area (Å²) < 4.78 is 24.7. The molecule has 0 bridgehead atoms. The van der Waals surface area contributed by atoms with Gasteiger partial charge in [-0.1, -0.05) is 0 Å². The lowest BCUT2D eigenvalue weighted by Crippen LogP contribution is -1.95. The summed E-state index contributed by atoms with van der Waals surface area (Å²) in [5, 5.41) is 0. The van der Waals surface area contributed by atoms with Crippen LogP contribution in [0.1, 0.15) is 13.8 Å². The minimum atomic E-state index is -3.31. The van der Waals surface area contributed by atoms with Gasteiger partial charge in [-0.3, -0.25) is 13.6 Å². The van der Waals surface area contributed by atoms with Gasteiger partial charge in [-0.05, 0) is 13.8 Å². The van der Waals surface area contributed by atoms with Crippen LogP contribution in [0.3, 0.4) is 0 Å². The van der Waals surface area contributed by atoms with Gasteiger partial charge in [0.1, 0.15) is 0 Å². The zero-order valence-corrected chi connectivity index (χ0v) is 7.10. The highest BCUT2D eigenvalue weighted by molar-refractivity contribution is 7.48. The monoisotopic (exact) mass is 167 g/mol. The van der Waals surface area contributed by atoms with E-state index in [0.29, 0.717) is 0 Å². The standard InChI is InChI=1S/C5H12O4P/c1-4-8-10(6,7-3)9-5-2/h3-5H2,1-2H3. The topological polar surface area (TPSA) is 44.8 Å². The van der Waals surface area contributed by atoms with Gasteiger partial charge in [0, 0.05) is 0 Å². The summed E-state index contributed by atoms with van der Waals surface area (Å²) >= 11 is 0. The predicted molar refractivity (Wildman–Crippen MR) is 37.3 cm³/mol. The van der Waals surface area contributed by atoms with Crippen LogP contribution in [-0.4, -0.2) is 13.2 Å². The predicted octanol–water partition coefficient (Wildman–Crippen LogP) is 1.98. The summed E-state index contributed by atoms with van der Waals surface area (Å²) in [5.74, 6) is 0. The maximum absolute atomic E-state index is 11.1. The number of phosphoric ester groups is 1. The van der Waals surface area contributed by atoms with E-state index in [0.717, 1.165) is 0 Å². The van der Waals surface area contributed by atoms with Crippen LogP contribution in [0.4, 0.5) is 0 Å². The van der Waals surface area contributed by atoms with Crippen LogP contribution in [0.15, 0.2) is 0 Å². The number of rotatable bonds is 5. The number of hydrogen-bond donors (Lipinski definition) is 0. The van der Waals surface area contributed by atoms with Gasteiger partial charge in [0.25, 0.3) is 0 Å². The van der Waals surface area contributed by atoms with E-state index in [2.05, 4.69) is 20.7 Å². The third-order valence-corrected chi connectivity index (χ3v) is 2.20. The van der Waals surface area contributed by atoms with Crippen molar-refractivity contribution in [2.45, 2.75) is 13.8 Å². The van der Waals surface area contributed by atoms with Crippen molar-refractivity contribution in [2.24, 2.45) is 0 Å².